The summed E-state index contributed by atoms with van der Waals surface area (Å²) in [6.45, 7) is 6.70. The number of para-hydroxylation sites is 1. The molecule has 0 aliphatic carbocycles. The Morgan fingerprint density at radius 1 is 1.07 bits per heavy atom. The number of benzene rings is 2. The van der Waals surface area contributed by atoms with Gasteiger partial charge in [0, 0.05) is 42.7 Å². The van der Waals surface area contributed by atoms with Gasteiger partial charge in [0.15, 0.2) is 0 Å². The third-order valence-corrected chi connectivity index (χ3v) is 8.04. The van der Waals surface area contributed by atoms with E-state index < -0.39 is 5.91 Å². The highest BCUT2D eigenvalue weighted by atomic mass is 35.5. The Balaban J connectivity index is 1.67. The first-order valence-electron chi connectivity index (χ1n) is 14.7. The fourth-order valence-electron chi connectivity index (χ4n) is 4.62. The Kier molecular flexibility index (Phi) is 11.5. The van der Waals surface area contributed by atoms with Crippen LogP contribution in [0.25, 0.3) is 11.3 Å². The largest absolute Gasteiger partial charge is 0.384 e. The second-order valence-electron chi connectivity index (χ2n) is 10.5. The number of nitrogens with one attached hydrogen (secondary N) is 2. The molecule has 4 rings (SSSR count). The normalized spacial score (nSPS) is 14.4. The number of carbonyl (C=O) groups is 2. The third-order valence-electron chi connectivity index (χ3n) is 7.42. The maximum atomic E-state index is 13.8. The van der Waals surface area contributed by atoms with Crippen LogP contribution in [-0.2, 0) is 4.79 Å². The minimum Gasteiger partial charge on any atom is -0.384 e. The number of halogens is 2. The molecule has 2 amide bonds. The predicted molar refractivity (Wildman–Crippen MR) is 185 cm³/mol. The van der Waals surface area contributed by atoms with Crippen molar-refractivity contribution in [2.75, 3.05) is 30.8 Å². The van der Waals surface area contributed by atoms with Crippen LogP contribution >= 0.6 is 23.2 Å². The number of carbonyl (C=O) groups excluding carboxylic acids is 2. The molecule has 1 unspecified atom stereocenters. The number of nitrogens with two attached hydrogens (primary N) is 1. The highest BCUT2D eigenvalue weighted by molar-refractivity contribution is 6.38. The van der Waals surface area contributed by atoms with E-state index in [4.69, 9.17) is 28.9 Å². The molecule has 0 radical (unpaired) electrons. The molecule has 4 N–H and O–H groups in total. The SMILES string of the molecule is CCC1=C(C(=O)NCC(C=NC(C)CC)=NC)C=C(NC(=O)c2cc(-c3cccc(N)n3)c(Cl)cc2Cl)N(c2ccccc2)C1. The molecule has 1 atom stereocenters. The van der Waals surface area contributed by atoms with E-state index in [1.54, 1.807) is 43.6 Å². The number of anilines is 2. The minimum atomic E-state index is -0.477. The molecular weight excluding hydrogens is 609 g/mol. The molecule has 0 saturated heterocycles. The maximum absolute atomic E-state index is 13.8. The number of nitrogen functional groups attached to an aromatic ring is 1. The van der Waals surface area contributed by atoms with Gasteiger partial charge in [-0.15, -0.1) is 0 Å². The summed E-state index contributed by atoms with van der Waals surface area (Å²) in [5.41, 5.74) is 9.98. The zero-order valence-electron chi connectivity index (χ0n) is 25.8. The Morgan fingerprint density at radius 2 is 1.82 bits per heavy atom. The van der Waals surface area contributed by atoms with Gasteiger partial charge in [0.2, 0.25) is 0 Å². The van der Waals surface area contributed by atoms with E-state index in [1.165, 1.54) is 6.07 Å². The van der Waals surface area contributed by atoms with Crippen LogP contribution in [0.3, 0.4) is 0 Å². The smallest absolute Gasteiger partial charge is 0.258 e. The molecule has 0 bridgehead atoms. The fourth-order valence-corrected chi connectivity index (χ4v) is 5.19. The molecule has 9 nitrogen and oxygen atoms in total. The molecule has 1 aromatic heterocycles. The van der Waals surface area contributed by atoms with Crippen molar-refractivity contribution in [3.63, 3.8) is 0 Å². The monoisotopic (exact) mass is 645 g/mol. The van der Waals surface area contributed by atoms with Crippen LogP contribution in [0.2, 0.25) is 10.0 Å². The van der Waals surface area contributed by atoms with E-state index in [0.717, 1.165) is 17.7 Å². The molecule has 1 aliphatic heterocycles. The zero-order valence-corrected chi connectivity index (χ0v) is 27.3. The van der Waals surface area contributed by atoms with Gasteiger partial charge in [-0.2, -0.15) is 0 Å². The zero-order chi connectivity index (χ0) is 32.5. The highest BCUT2D eigenvalue weighted by Crippen LogP contribution is 2.33. The van der Waals surface area contributed by atoms with Gasteiger partial charge >= 0.3 is 0 Å². The number of hydrogen-bond acceptors (Lipinski definition) is 7. The van der Waals surface area contributed by atoms with Crippen LogP contribution < -0.4 is 21.3 Å². The summed E-state index contributed by atoms with van der Waals surface area (Å²) < 4.78 is 0. The van der Waals surface area contributed by atoms with Gasteiger partial charge in [0.05, 0.1) is 33.6 Å². The molecule has 0 fully saturated rings. The Morgan fingerprint density at radius 3 is 2.49 bits per heavy atom. The molecule has 1 aliphatic rings. The van der Waals surface area contributed by atoms with Crippen molar-refractivity contribution in [2.24, 2.45) is 9.98 Å². The molecule has 11 heteroatoms. The number of pyridine rings is 1. The highest BCUT2D eigenvalue weighted by Gasteiger charge is 2.27. The Hall–Kier alpha value is -4.47. The molecule has 3 aromatic rings. The van der Waals surface area contributed by atoms with Crippen molar-refractivity contribution in [3.05, 3.63) is 99.3 Å². The molecular formula is C34H37Cl2N7O2. The lowest BCUT2D eigenvalue weighted by Gasteiger charge is -2.33. The first-order valence-corrected chi connectivity index (χ1v) is 15.5. The van der Waals surface area contributed by atoms with Crippen molar-refractivity contribution in [1.29, 1.82) is 0 Å². The van der Waals surface area contributed by atoms with E-state index in [0.29, 0.717) is 52.2 Å². The third kappa shape index (κ3) is 8.38. The van der Waals surface area contributed by atoms with Crippen LogP contribution in [-0.4, -0.2) is 54.9 Å². The van der Waals surface area contributed by atoms with Gasteiger partial charge in [0.1, 0.15) is 11.6 Å². The van der Waals surface area contributed by atoms with E-state index in [1.807, 2.05) is 49.1 Å². The predicted octanol–water partition coefficient (Wildman–Crippen LogP) is 6.49. The van der Waals surface area contributed by atoms with Crippen LogP contribution in [0.1, 0.15) is 44.0 Å². The average molecular weight is 647 g/mol. The van der Waals surface area contributed by atoms with E-state index >= 15 is 0 Å². The number of amides is 2. The van der Waals surface area contributed by atoms with Gasteiger partial charge in [-0.25, -0.2) is 4.98 Å². The van der Waals surface area contributed by atoms with Gasteiger partial charge < -0.3 is 21.3 Å². The summed E-state index contributed by atoms with van der Waals surface area (Å²) >= 11 is 13.0. The summed E-state index contributed by atoms with van der Waals surface area (Å²) in [6, 6.07) is 18.1. The molecule has 2 heterocycles. The quantitative estimate of drug-likeness (QED) is 0.206. The minimum absolute atomic E-state index is 0.163. The van der Waals surface area contributed by atoms with Crippen molar-refractivity contribution in [2.45, 2.75) is 39.7 Å². The lowest BCUT2D eigenvalue weighted by Crippen LogP contribution is -2.41. The summed E-state index contributed by atoms with van der Waals surface area (Å²) in [7, 11) is 1.67. The molecule has 0 saturated carbocycles. The summed E-state index contributed by atoms with van der Waals surface area (Å²) in [5.74, 6) is -0.00920. The van der Waals surface area contributed by atoms with Crippen molar-refractivity contribution in [1.82, 2.24) is 15.6 Å². The van der Waals surface area contributed by atoms with Gasteiger partial charge in [-0.3, -0.25) is 19.6 Å². The first-order chi connectivity index (χ1) is 21.6. The van der Waals surface area contributed by atoms with Crippen LogP contribution in [0.15, 0.2) is 93.7 Å². The second kappa shape index (κ2) is 15.5. The summed E-state index contributed by atoms with van der Waals surface area (Å²) in [5, 5.41) is 6.46. The van der Waals surface area contributed by atoms with E-state index in [-0.39, 0.29) is 29.1 Å². The van der Waals surface area contributed by atoms with E-state index in [9.17, 15) is 9.59 Å². The molecule has 2 aromatic carbocycles. The molecule has 234 valence electrons. The van der Waals surface area contributed by atoms with Gasteiger partial charge in [0.25, 0.3) is 11.8 Å². The van der Waals surface area contributed by atoms with Crippen LogP contribution in [0, 0.1) is 0 Å². The van der Waals surface area contributed by atoms with Gasteiger partial charge in [-0.1, -0.05) is 61.3 Å². The lowest BCUT2D eigenvalue weighted by molar-refractivity contribution is -0.117. The number of aliphatic imine (C=N–C) groups is 2. The van der Waals surface area contributed by atoms with E-state index in [2.05, 4.69) is 32.5 Å². The first kappa shape index (κ1) is 33.4. The fraction of sp³-hybridized carbons (Fsp3) is 0.265. The average Bonchev–Trinajstić information content (AvgIpc) is 3.04. The molecule has 45 heavy (non-hydrogen) atoms. The van der Waals surface area contributed by atoms with Crippen LogP contribution in [0.4, 0.5) is 11.5 Å². The number of nitrogens with zero attached hydrogens (tertiary/aromatic N) is 4. The number of rotatable bonds is 11. The topological polar surface area (TPSA) is 125 Å². The number of hydrogen-bond donors (Lipinski definition) is 3. The van der Waals surface area contributed by atoms with Gasteiger partial charge in [-0.05, 0) is 67.8 Å². The summed E-state index contributed by atoms with van der Waals surface area (Å²) in [6.07, 6.45) is 4.94. The van der Waals surface area contributed by atoms with Crippen molar-refractivity contribution >= 4 is 58.4 Å². The number of aromatic nitrogens is 1. The van der Waals surface area contributed by atoms with Crippen molar-refractivity contribution < 1.29 is 9.59 Å². The second-order valence-corrected chi connectivity index (χ2v) is 11.3. The lowest BCUT2D eigenvalue weighted by atomic mass is 9.99. The Labute approximate surface area is 274 Å². The molecule has 0 spiro atoms. The summed E-state index contributed by atoms with van der Waals surface area (Å²) in [4.78, 5) is 42.4. The Bertz CT molecular complexity index is 1680. The maximum Gasteiger partial charge on any atom is 0.258 e. The van der Waals surface area contributed by atoms with Crippen LogP contribution in [0.5, 0.6) is 0 Å². The van der Waals surface area contributed by atoms with Crippen molar-refractivity contribution in [3.8, 4) is 11.3 Å². The standard InChI is InChI=1S/C34H37Cl2N7O2/c1-5-21(3)39-18-23(38-4)19-40-33(44)25-16-32(43(20-22(25)6-2)24-11-8-7-9-12-24)42-34(45)27-15-26(28(35)17-29(27)36)30-13-10-14-31(37)41-30/h7-18,21H,5-6,19-20H2,1-4H3,(H2,37,41)(H,40,44)(H,42,45).